The molecule has 0 bridgehead atoms. The first-order valence-corrected chi connectivity index (χ1v) is 6.19. The van der Waals surface area contributed by atoms with Crippen molar-refractivity contribution >= 4 is 0 Å². The number of nitrogens with zero attached hydrogens (tertiary/aromatic N) is 1. The highest BCUT2D eigenvalue weighted by Crippen LogP contribution is 2.35. The summed E-state index contributed by atoms with van der Waals surface area (Å²) < 4.78 is 0. The molecule has 0 aromatic carbocycles. The van der Waals surface area contributed by atoms with Crippen LogP contribution in [0.1, 0.15) is 50.9 Å². The maximum atomic E-state index is 3.39. The van der Waals surface area contributed by atoms with Crippen LogP contribution in [0.2, 0.25) is 0 Å². The van der Waals surface area contributed by atoms with Gasteiger partial charge in [-0.15, -0.1) is 0 Å². The number of likely N-dealkylation sites (N-methyl/N-ethyl adjacent to an activating group) is 1. The lowest BCUT2D eigenvalue weighted by Crippen LogP contribution is -2.41. The zero-order valence-electron chi connectivity index (χ0n) is 10.1. The second-order valence-corrected chi connectivity index (χ2v) is 4.60. The Balaban J connectivity index is 2.30. The van der Waals surface area contributed by atoms with E-state index < -0.39 is 0 Å². The summed E-state index contributed by atoms with van der Waals surface area (Å²) in [6.07, 6.45) is 5.82. The Morgan fingerprint density at radius 3 is 2.93 bits per heavy atom. The first kappa shape index (κ1) is 10.7. The molecule has 84 valence electrons. The van der Waals surface area contributed by atoms with E-state index in [0.29, 0.717) is 12.1 Å². The molecule has 2 atom stereocenters. The fourth-order valence-electron chi connectivity index (χ4n) is 2.93. The maximum absolute atomic E-state index is 3.39. The molecule has 2 nitrogen and oxygen atoms in total. The van der Waals surface area contributed by atoms with E-state index >= 15 is 0 Å². The smallest absolute Gasteiger partial charge is 0.0368 e. The molecule has 2 heteroatoms. The molecule has 0 amide bonds. The summed E-state index contributed by atoms with van der Waals surface area (Å²) >= 11 is 0. The van der Waals surface area contributed by atoms with Crippen LogP contribution in [0.3, 0.4) is 0 Å². The van der Waals surface area contributed by atoms with Gasteiger partial charge in [0.25, 0.3) is 0 Å². The normalized spacial score (nSPS) is 26.6. The van der Waals surface area contributed by atoms with E-state index in [-0.39, 0.29) is 0 Å². The molecule has 0 aliphatic carbocycles. The lowest BCUT2D eigenvalue weighted by Gasteiger charge is -2.40. The van der Waals surface area contributed by atoms with Crippen molar-refractivity contribution in [1.29, 1.82) is 0 Å². The third-order valence-corrected chi connectivity index (χ3v) is 3.62. The number of H-pyrrole nitrogens is 1. The predicted molar refractivity (Wildman–Crippen MR) is 64.0 cm³/mol. The zero-order valence-corrected chi connectivity index (χ0v) is 10.1. The number of fused-ring (bicyclic) bond motifs is 1. The fourth-order valence-corrected chi connectivity index (χ4v) is 2.93. The first-order chi connectivity index (χ1) is 7.27. The monoisotopic (exact) mass is 206 g/mol. The van der Waals surface area contributed by atoms with Crippen LogP contribution in [0.5, 0.6) is 0 Å². The van der Waals surface area contributed by atoms with E-state index in [9.17, 15) is 0 Å². The topological polar surface area (TPSA) is 19.0 Å². The van der Waals surface area contributed by atoms with Gasteiger partial charge in [0, 0.05) is 30.4 Å². The number of aromatic nitrogens is 1. The highest BCUT2D eigenvalue weighted by Gasteiger charge is 2.30. The largest absolute Gasteiger partial charge is 0.365 e. The summed E-state index contributed by atoms with van der Waals surface area (Å²) in [5.74, 6) is 0. The molecular weight excluding hydrogens is 184 g/mol. The van der Waals surface area contributed by atoms with Gasteiger partial charge in [-0.1, -0.05) is 20.3 Å². The highest BCUT2D eigenvalue weighted by molar-refractivity contribution is 5.28. The number of rotatable bonds is 3. The SMILES string of the molecule is CCCC1c2cc[nH]c2CC(C)N1CC. The van der Waals surface area contributed by atoms with E-state index in [1.165, 1.54) is 30.5 Å². The Bertz CT molecular complexity index is 316. The van der Waals surface area contributed by atoms with Gasteiger partial charge in [-0.2, -0.15) is 0 Å². The Hall–Kier alpha value is -0.760. The van der Waals surface area contributed by atoms with Crippen LogP contribution in [0.15, 0.2) is 12.3 Å². The van der Waals surface area contributed by atoms with Crippen LogP contribution in [0.4, 0.5) is 0 Å². The van der Waals surface area contributed by atoms with Gasteiger partial charge in [0.15, 0.2) is 0 Å². The third-order valence-electron chi connectivity index (χ3n) is 3.62. The molecular formula is C13H22N2. The number of hydrogen-bond donors (Lipinski definition) is 1. The second kappa shape index (κ2) is 4.40. The fraction of sp³-hybridized carbons (Fsp3) is 0.692. The minimum atomic E-state index is 0.644. The van der Waals surface area contributed by atoms with E-state index in [2.05, 4.69) is 42.9 Å². The lowest BCUT2D eigenvalue weighted by atomic mass is 9.91. The van der Waals surface area contributed by atoms with Gasteiger partial charge in [0.05, 0.1) is 0 Å². The molecule has 2 rings (SSSR count). The van der Waals surface area contributed by atoms with Crippen LogP contribution < -0.4 is 0 Å². The van der Waals surface area contributed by atoms with Crippen molar-refractivity contribution in [3.8, 4) is 0 Å². The molecule has 1 aromatic rings. The van der Waals surface area contributed by atoms with Gasteiger partial charge in [-0.25, -0.2) is 0 Å². The standard InChI is InChI=1S/C13H22N2/c1-4-6-13-11-7-8-14-12(11)9-10(3)15(13)5-2/h7-8,10,13-14H,4-6,9H2,1-3H3. The lowest BCUT2D eigenvalue weighted by molar-refractivity contribution is 0.127. The average Bonchev–Trinajstić information content (AvgIpc) is 2.66. The average molecular weight is 206 g/mol. The van der Waals surface area contributed by atoms with Gasteiger partial charge in [0.2, 0.25) is 0 Å². The quantitative estimate of drug-likeness (QED) is 0.805. The Morgan fingerprint density at radius 1 is 1.47 bits per heavy atom. The van der Waals surface area contributed by atoms with Crippen molar-refractivity contribution in [3.63, 3.8) is 0 Å². The molecule has 1 N–H and O–H groups in total. The highest BCUT2D eigenvalue weighted by atomic mass is 15.2. The number of nitrogens with one attached hydrogen (secondary N) is 1. The molecule has 1 aromatic heterocycles. The van der Waals surface area contributed by atoms with E-state index in [4.69, 9.17) is 0 Å². The Labute approximate surface area is 92.7 Å². The molecule has 15 heavy (non-hydrogen) atoms. The Morgan fingerprint density at radius 2 is 2.27 bits per heavy atom. The summed E-state index contributed by atoms with van der Waals surface area (Å²) in [6, 6.07) is 3.59. The zero-order chi connectivity index (χ0) is 10.8. The van der Waals surface area contributed by atoms with E-state index in [1.807, 2.05) is 0 Å². The summed E-state index contributed by atoms with van der Waals surface area (Å²) in [4.78, 5) is 6.03. The molecule has 1 aliphatic heterocycles. The predicted octanol–water partition coefficient (Wildman–Crippen LogP) is 3.12. The minimum Gasteiger partial charge on any atom is -0.365 e. The van der Waals surface area contributed by atoms with E-state index in [1.54, 1.807) is 0 Å². The first-order valence-electron chi connectivity index (χ1n) is 6.19. The molecule has 0 saturated heterocycles. The van der Waals surface area contributed by atoms with Gasteiger partial charge in [0.1, 0.15) is 0 Å². The summed E-state index contributed by atoms with van der Waals surface area (Å²) in [7, 11) is 0. The van der Waals surface area contributed by atoms with Gasteiger partial charge >= 0.3 is 0 Å². The summed E-state index contributed by atoms with van der Waals surface area (Å²) in [6.45, 7) is 8.06. The van der Waals surface area contributed by atoms with Crippen molar-refractivity contribution in [2.24, 2.45) is 0 Å². The summed E-state index contributed by atoms with van der Waals surface area (Å²) in [5.41, 5.74) is 3.00. The van der Waals surface area contributed by atoms with Crippen molar-refractivity contribution in [1.82, 2.24) is 9.88 Å². The van der Waals surface area contributed by atoms with Crippen molar-refractivity contribution in [3.05, 3.63) is 23.5 Å². The van der Waals surface area contributed by atoms with Crippen LogP contribution in [0, 0.1) is 0 Å². The van der Waals surface area contributed by atoms with Crippen molar-refractivity contribution in [2.75, 3.05) is 6.54 Å². The second-order valence-electron chi connectivity index (χ2n) is 4.60. The molecule has 0 fully saturated rings. The molecule has 2 heterocycles. The summed E-state index contributed by atoms with van der Waals surface area (Å²) in [5, 5.41) is 0. The molecule has 2 unspecified atom stereocenters. The van der Waals surface area contributed by atoms with Crippen molar-refractivity contribution in [2.45, 2.75) is 52.1 Å². The maximum Gasteiger partial charge on any atom is 0.0368 e. The van der Waals surface area contributed by atoms with Gasteiger partial charge in [-0.05, 0) is 31.5 Å². The van der Waals surface area contributed by atoms with Crippen LogP contribution in [-0.2, 0) is 6.42 Å². The van der Waals surface area contributed by atoms with E-state index in [0.717, 1.165) is 6.54 Å². The number of hydrogen-bond acceptors (Lipinski definition) is 1. The van der Waals surface area contributed by atoms with Crippen molar-refractivity contribution < 1.29 is 0 Å². The van der Waals surface area contributed by atoms with Gasteiger partial charge < -0.3 is 4.98 Å². The minimum absolute atomic E-state index is 0.644. The van der Waals surface area contributed by atoms with Gasteiger partial charge in [-0.3, -0.25) is 4.90 Å². The van der Waals surface area contributed by atoms with Crippen LogP contribution in [0.25, 0.3) is 0 Å². The molecule has 0 spiro atoms. The molecule has 0 radical (unpaired) electrons. The molecule has 0 saturated carbocycles. The van der Waals surface area contributed by atoms with Crippen LogP contribution >= 0.6 is 0 Å². The van der Waals surface area contributed by atoms with Crippen LogP contribution in [-0.4, -0.2) is 22.5 Å². The third kappa shape index (κ3) is 1.83. The Kier molecular flexibility index (Phi) is 3.15. The number of aromatic amines is 1. The molecule has 1 aliphatic rings.